The molecule has 0 bridgehead atoms. The van der Waals surface area contributed by atoms with Crippen LogP contribution in [0.5, 0.6) is 5.75 Å². The number of benzene rings is 1. The molecule has 0 amide bonds. The van der Waals surface area contributed by atoms with Crippen molar-refractivity contribution in [2.45, 2.75) is 12.5 Å². The van der Waals surface area contributed by atoms with Crippen molar-refractivity contribution in [3.8, 4) is 5.75 Å². The van der Waals surface area contributed by atoms with Crippen molar-refractivity contribution in [3.05, 3.63) is 29.3 Å². The van der Waals surface area contributed by atoms with Gasteiger partial charge < -0.3 is 15.9 Å². The lowest BCUT2D eigenvalue weighted by atomic mass is 10.1. The molecule has 1 rings (SSSR count). The molecule has 0 saturated heterocycles. The number of rotatable bonds is 3. The summed E-state index contributed by atoms with van der Waals surface area (Å²) < 4.78 is 25.4. The van der Waals surface area contributed by atoms with Crippen LogP contribution < -0.4 is 5.73 Å². The van der Waals surface area contributed by atoms with Gasteiger partial charge in [0.15, 0.2) is 17.4 Å². The molecule has 1 aromatic carbocycles. The summed E-state index contributed by atoms with van der Waals surface area (Å²) in [6, 6.07) is 0.535. The topological polar surface area (TPSA) is 83.5 Å². The molecule has 0 heterocycles. The minimum absolute atomic E-state index is 0.126. The number of phenolic OH excluding ortho intramolecular Hbond substituents is 1. The van der Waals surface area contributed by atoms with Gasteiger partial charge in [0, 0.05) is 0 Å². The number of halogens is 2. The second kappa shape index (κ2) is 4.22. The van der Waals surface area contributed by atoms with E-state index in [0.29, 0.717) is 0 Å². The Balaban J connectivity index is 2.92. The molecule has 0 aliphatic carbocycles. The average molecular weight is 217 g/mol. The Bertz CT molecular complexity index is 372. The summed E-state index contributed by atoms with van der Waals surface area (Å²) in [7, 11) is 0. The fourth-order valence-corrected chi connectivity index (χ4v) is 1.09. The highest BCUT2D eigenvalue weighted by Crippen LogP contribution is 2.21. The molecule has 1 atom stereocenters. The SMILES string of the molecule is N[C@@H](Cc1cc(O)c(F)c(F)c1)C(=O)O. The minimum Gasteiger partial charge on any atom is -0.505 e. The lowest BCUT2D eigenvalue weighted by molar-refractivity contribution is -0.138. The van der Waals surface area contributed by atoms with Crippen LogP contribution in [0.2, 0.25) is 0 Å². The van der Waals surface area contributed by atoms with Crippen LogP contribution in [0.15, 0.2) is 12.1 Å². The number of carboxylic acids is 1. The maximum atomic E-state index is 12.8. The molecular formula is C9H9F2NO3. The molecule has 0 fully saturated rings. The Kier molecular flexibility index (Phi) is 3.21. The normalized spacial score (nSPS) is 12.5. The maximum absolute atomic E-state index is 12.8. The second-order valence-corrected chi connectivity index (χ2v) is 3.06. The summed E-state index contributed by atoms with van der Waals surface area (Å²) in [5.74, 6) is -4.70. The Morgan fingerprint density at radius 3 is 2.53 bits per heavy atom. The highest BCUT2D eigenvalue weighted by atomic mass is 19.2. The van der Waals surface area contributed by atoms with Crippen molar-refractivity contribution in [1.29, 1.82) is 0 Å². The summed E-state index contributed by atoms with van der Waals surface area (Å²) in [5, 5.41) is 17.4. The van der Waals surface area contributed by atoms with Gasteiger partial charge in [-0.25, -0.2) is 4.39 Å². The van der Waals surface area contributed by atoms with Gasteiger partial charge in [-0.05, 0) is 24.1 Å². The number of aromatic hydroxyl groups is 1. The maximum Gasteiger partial charge on any atom is 0.320 e. The molecule has 0 aliphatic rings. The van der Waals surface area contributed by atoms with E-state index in [1.54, 1.807) is 0 Å². The monoisotopic (exact) mass is 217 g/mol. The van der Waals surface area contributed by atoms with Gasteiger partial charge in [-0.1, -0.05) is 0 Å². The van der Waals surface area contributed by atoms with Crippen molar-refractivity contribution < 1.29 is 23.8 Å². The largest absolute Gasteiger partial charge is 0.505 e. The van der Waals surface area contributed by atoms with Crippen molar-refractivity contribution >= 4 is 5.97 Å². The van der Waals surface area contributed by atoms with E-state index in [-0.39, 0.29) is 12.0 Å². The van der Waals surface area contributed by atoms with Crippen LogP contribution in [0, 0.1) is 11.6 Å². The first-order valence-electron chi connectivity index (χ1n) is 4.07. The number of hydrogen-bond donors (Lipinski definition) is 3. The number of carbonyl (C=O) groups is 1. The Morgan fingerprint density at radius 1 is 1.47 bits per heavy atom. The third-order valence-corrected chi connectivity index (χ3v) is 1.84. The zero-order valence-electron chi connectivity index (χ0n) is 7.58. The van der Waals surface area contributed by atoms with Gasteiger partial charge in [0.2, 0.25) is 0 Å². The Labute approximate surface area is 83.9 Å². The molecule has 0 saturated carbocycles. The van der Waals surface area contributed by atoms with Gasteiger partial charge in [0.25, 0.3) is 0 Å². The predicted octanol–water partition coefficient (Wildman–Crippen LogP) is 0.625. The van der Waals surface area contributed by atoms with Crippen LogP contribution >= 0.6 is 0 Å². The van der Waals surface area contributed by atoms with Crippen molar-refractivity contribution in [3.63, 3.8) is 0 Å². The van der Waals surface area contributed by atoms with Crippen molar-refractivity contribution in [2.75, 3.05) is 0 Å². The average Bonchev–Trinajstić information content (AvgIpc) is 2.13. The lowest BCUT2D eigenvalue weighted by Gasteiger charge is -2.07. The molecule has 4 nitrogen and oxygen atoms in total. The third-order valence-electron chi connectivity index (χ3n) is 1.84. The molecule has 1 aromatic rings. The summed E-state index contributed by atoms with van der Waals surface area (Å²) >= 11 is 0. The van der Waals surface area contributed by atoms with E-state index in [1.807, 2.05) is 0 Å². The third kappa shape index (κ3) is 2.63. The molecule has 15 heavy (non-hydrogen) atoms. The number of nitrogens with two attached hydrogens (primary N) is 1. The van der Waals surface area contributed by atoms with E-state index >= 15 is 0 Å². The second-order valence-electron chi connectivity index (χ2n) is 3.06. The van der Waals surface area contributed by atoms with E-state index in [9.17, 15) is 13.6 Å². The van der Waals surface area contributed by atoms with Crippen molar-refractivity contribution in [1.82, 2.24) is 0 Å². The number of hydrogen-bond acceptors (Lipinski definition) is 3. The predicted molar refractivity (Wildman–Crippen MR) is 47.3 cm³/mol. The highest BCUT2D eigenvalue weighted by molar-refractivity contribution is 5.73. The minimum atomic E-state index is -1.36. The quantitative estimate of drug-likeness (QED) is 0.693. The fourth-order valence-electron chi connectivity index (χ4n) is 1.09. The van der Waals surface area contributed by atoms with Crippen molar-refractivity contribution in [2.24, 2.45) is 5.73 Å². The Morgan fingerprint density at radius 2 is 2.07 bits per heavy atom. The molecule has 0 aliphatic heterocycles. The summed E-state index contributed by atoms with van der Waals surface area (Å²) in [6.45, 7) is 0. The van der Waals surface area contributed by atoms with E-state index < -0.39 is 29.4 Å². The lowest BCUT2D eigenvalue weighted by Crippen LogP contribution is -2.32. The number of phenols is 1. The first kappa shape index (κ1) is 11.4. The van der Waals surface area contributed by atoms with Gasteiger partial charge in [-0.3, -0.25) is 4.79 Å². The highest BCUT2D eigenvalue weighted by Gasteiger charge is 2.15. The van der Waals surface area contributed by atoms with Crippen LogP contribution in [-0.4, -0.2) is 22.2 Å². The molecule has 82 valence electrons. The number of carboxylic acid groups (broad SMARTS) is 1. The summed E-state index contributed by atoms with van der Waals surface area (Å²) in [5.41, 5.74) is 5.32. The van der Waals surface area contributed by atoms with E-state index in [4.69, 9.17) is 15.9 Å². The first-order chi connectivity index (χ1) is 6.91. The zero-order chi connectivity index (χ0) is 11.6. The van der Waals surface area contributed by atoms with Crippen LogP contribution in [0.3, 0.4) is 0 Å². The fraction of sp³-hybridized carbons (Fsp3) is 0.222. The van der Waals surface area contributed by atoms with Crippen LogP contribution in [0.4, 0.5) is 8.78 Å². The van der Waals surface area contributed by atoms with Crippen LogP contribution in [0.25, 0.3) is 0 Å². The smallest absolute Gasteiger partial charge is 0.320 e. The standard InChI is InChI=1S/C9H9F2NO3/c10-5-1-4(2-6(12)9(14)15)3-7(13)8(5)11/h1,3,6,13H,2,12H2,(H,14,15)/t6-/m0/s1. The molecule has 0 radical (unpaired) electrons. The van der Waals surface area contributed by atoms with Gasteiger partial charge in [0.1, 0.15) is 6.04 Å². The van der Waals surface area contributed by atoms with E-state index in [2.05, 4.69) is 0 Å². The molecule has 6 heteroatoms. The zero-order valence-corrected chi connectivity index (χ0v) is 7.58. The van der Waals surface area contributed by atoms with Crippen LogP contribution in [-0.2, 0) is 11.2 Å². The van der Waals surface area contributed by atoms with Gasteiger partial charge in [-0.15, -0.1) is 0 Å². The molecule has 0 spiro atoms. The van der Waals surface area contributed by atoms with E-state index in [1.165, 1.54) is 0 Å². The van der Waals surface area contributed by atoms with Crippen LogP contribution in [0.1, 0.15) is 5.56 Å². The summed E-state index contributed by atoms with van der Waals surface area (Å²) in [4.78, 5) is 10.4. The van der Waals surface area contributed by atoms with Gasteiger partial charge in [0.05, 0.1) is 0 Å². The molecule has 4 N–H and O–H groups in total. The Hall–Kier alpha value is -1.69. The number of aliphatic carboxylic acids is 1. The van der Waals surface area contributed by atoms with Gasteiger partial charge in [-0.2, -0.15) is 4.39 Å². The van der Waals surface area contributed by atoms with Gasteiger partial charge >= 0.3 is 5.97 Å². The summed E-state index contributed by atoms with van der Waals surface area (Å²) in [6.07, 6.45) is -0.180. The molecule has 0 aromatic heterocycles. The molecular weight excluding hydrogens is 208 g/mol. The first-order valence-corrected chi connectivity index (χ1v) is 4.07. The van der Waals surface area contributed by atoms with E-state index in [0.717, 1.165) is 12.1 Å². The molecule has 0 unspecified atom stereocenters.